The van der Waals surface area contributed by atoms with Crippen LogP contribution in [0, 0.1) is 12.3 Å². The van der Waals surface area contributed by atoms with Gasteiger partial charge in [-0.1, -0.05) is 0 Å². The van der Waals surface area contributed by atoms with Gasteiger partial charge in [0.2, 0.25) is 5.88 Å². The third kappa shape index (κ3) is 4.70. The third-order valence-electron chi connectivity index (χ3n) is 1.88. The molecule has 5 nitrogen and oxygen atoms in total. The smallest absolute Gasteiger partial charge is 0.218 e. The largest absolute Gasteiger partial charge is 0.477 e. The lowest BCUT2D eigenvalue weighted by molar-refractivity contribution is 0.176. The van der Waals surface area contributed by atoms with E-state index in [0.29, 0.717) is 31.3 Å². The van der Waals surface area contributed by atoms with Crippen molar-refractivity contribution in [2.75, 3.05) is 25.6 Å². The molecule has 0 spiro atoms. The molecule has 1 rings (SSSR count). The number of anilines is 1. The molecule has 1 heterocycles. The van der Waals surface area contributed by atoms with Gasteiger partial charge in [-0.2, -0.15) is 4.98 Å². The van der Waals surface area contributed by atoms with E-state index >= 15 is 0 Å². The predicted molar refractivity (Wildman–Crippen MR) is 65.9 cm³/mol. The molecular weight excluding hydrogens is 218 g/mol. The van der Waals surface area contributed by atoms with Gasteiger partial charge in [0, 0.05) is 26.1 Å². The van der Waals surface area contributed by atoms with Crippen molar-refractivity contribution in [3.05, 3.63) is 11.9 Å². The SMILES string of the molecule is C#CCCOc1cc(NCC)nc(COC)n1. The molecule has 0 aliphatic carbocycles. The summed E-state index contributed by atoms with van der Waals surface area (Å²) in [4.78, 5) is 8.48. The number of nitrogens with zero attached hydrogens (tertiary/aromatic N) is 2. The van der Waals surface area contributed by atoms with Crippen LogP contribution < -0.4 is 10.1 Å². The van der Waals surface area contributed by atoms with Crippen LogP contribution in [0.25, 0.3) is 0 Å². The Kier molecular flexibility index (Phi) is 5.83. The van der Waals surface area contributed by atoms with Crippen LogP contribution >= 0.6 is 0 Å². The maximum Gasteiger partial charge on any atom is 0.218 e. The topological polar surface area (TPSA) is 56.3 Å². The number of rotatable bonds is 7. The second-order valence-corrected chi connectivity index (χ2v) is 3.27. The number of nitrogens with one attached hydrogen (secondary N) is 1. The molecule has 0 unspecified atom stereocenters. The van der Waals surface area contributed by atoms with Crippen molar-refractivity contribution in [1.29, 1.82) is 0 Å². The molecule has 0 bridgehead atoms. The van der Waals surface area contributed by atoms with Crippen molar-refractivity contribution in [3.63, 3.8) is 0 Å². The molecule has 17 heavy (non-hydrogen) atoms. The van der Waals surface area contributed by atoms with Crippen molar-refractivity contribution in [2.24, 2.45) is 0 Å². The number of terminal acetylenes is 1. The van der Waals surface area contributed by atoms with E-state index in [1.165, 1.54) is 0 Å². The quantitative estimate of drug-likeness (QED) is 0.572. The van der Waals surface area contributed by atoms with Gasteiger partial charge in [-0.25, -0.2) is 4.98 Å². The minimum atomic E-state index is 0.352. The van der Waals surface area contributed by atoms with Crippen molar-refractivity contribution in [1.82, 2.24) is 9.97 Å². The lowest BCUT2D eigenvalue weighted by Crippen LogP contribution is -2.07. The highest BCUT2D eigenvalue weighted by Gasteiger charge is 2.04. The maximum absolute atomic E-state index is 5.43. The zero-order valence-corrected chi connectivity index (χ0v) is 10.2. The highest BCUT2D eigenvalue weighted by atomic mass is 16.5. The average molecular weight is 235 g/mol. The van der Waals surface area contributed by atoms with E-state index in [9.17, 15) is 0 Å². The zero-order valence-electron chi connectivity index (χ0n) is 10.2. The second kappa shape index (κ2) is 7.47. The number of aromatic nitrogens is 2. The lowest BCUT2D eigenvalue weighted by Gasteiger charge is -2.09. The molecule has 5 heteroatoms. The molecule has 0 aromatic carbocycles. The van der Waals surface area contributed by atoms with Gasteiger partial charge < -0.3 is 14.8 Å². The van der Waals surface area contributed by atoms with Gasteiger partial charge in [0.05, 0.1) is 0 Å². The Hall–Kier alpha value is -1.80. The van der Waals surface area contributed by atoms with Crippen LogP contribution in [0.4, 0.5) is 5.82 Å². The van der Waals surface area contributed by atoms with Crippen molar-refractivity contribution < 1.29 is 9.47 Å². The Morgan fingerprint density at radius 2 is 2.29 bits per heavy atom. The first kappa shape index (κ1) is 13.3. The van der Waals surface area contributed by atoms with E-state index in [-0.39, 0.29) is 0 Å². The standard InChI is InChI=1S/C12H17N3O2/c1-4-6-7-17-12-8-10(13-5-2)14-11(15-12)9-16-3/h1,8H,5-7,9H2,2-3H3,(H,13,14,15). The molecular formula is C12H17N3O2. The lowest BCUT2D eigenvalue weighted by atomic mass is 10.4. The van der Waals surface area contributed by atoms with E-state index < -0.39 is 0 Å². The Balaban J connectivity index is 2.76. The molecule has 0 fully saturated rings. The van der Waals surface area contributed by atoms with Crippen LogP contribution in [0.2, 0.25) is 0 Å². The van der Waals surface area contributed by atoms with Gasteiger partial charge >= 0.3 is 0 Å². The van der Waals surface area contributed by atoms with Crippen LogP contribution in [-0.2, 0) is 11.3 Å². The van der Waals surface area contributed by atoms with E-state index in [2.05, 4.69) is 21.2 Å². The van der Waals surface area contributed by atoms with Gasteiger partial charge in [0.25, 0.3) is 0 Å². The molecule has 92 valence electrons. The highest BCUT2D eigenvalue weighted by molar-refractivity contribution is 5.38. The van der Waals surface area contributed by atoms with E-state index in [1.54, 1.807) is 13.2 Å². The fourth-order valence-electron chi connectivity index (χ4n) is 1.23. The van der Waals surface area contributed by atoms with Gasteiger partial charge in [0.15, 0.2) is 5.82 Å². The molecule has 1 N–H and O–H groups in total. The van der Waals surface area contributed by atoms with Gasteiger partial charge in [-0.3, -0.25) is 0 Å². The molecule has 0 aliphatic heterocycles. The Morgan fingerprint density at radius 3 is 2.94 bits per heavy atom. The molecule has 0 aliphatic rings. The molecule has 0 saturated carbocycles. The van der Waals surface area contributed by atoms with Gasteiger partial charge in [-0.05, 0) is 6.92 Å². The number of methoxy groups -OCH3 is 1. The van der Waals surface area contributed by atoms with Crippen molar-refractivity contribution in [3.8, 4) is 18.2 Å². The Morgan fingerprint density at radius 1 is 1.47 bits per heavy atom. The molecule has 1 aromatic heterocycles. The van der Waals surface area contributed by atoms with E-state index in [0.717, 1.165) is 12.4 Å². The monoisotopic (exact) mass is 235 g/mol. The average Bonchev–Trinajstić information content (AvgIpc) is 2.30. The highest BCUT2D eigenvalue weighted by Crippen LogP contribution is 2.14. The van der Waals surface area contributed by atoms with Gasteiger partial charge in [-0.15, -0.1) is 12.3 Å². The summed E-state index contributed by atoms with van der Waals surface area (Å²) in [5.74, 6) is 4.33. The summed E-state index contributed by atoms with van der Waals surface area (Å²) in [6, 6.07) is 1.75. The zero-order chi connectivity index (χ0) is 12.5. The van der Waals surface area contributed by atoms with Crippen LogP contribution in [0.15, 0.2) is 6.07 Å². The molecule has 0 atom stereocenters. The van der Waals surface area contributed by atoms with Gasteiger partial charge in [0.1, 0.15) is 19.0 Å². The molecule has 0 amide bonds. The van der Waals surface area contributed by atoms with Crippen LogP contribution in [0.3, 0.4) is 0 Å². The first-order valence-corrected chi connectivity index (χ1v) is 5.47. The van der Waals surface area contributed by atoms with Crippen LogP contribution in [0.1, 0.15) is 19.2 Å². The summed E-state index contributed by atoms with van der Waals surface area (Å²) in [7, 11) is 1.60. The minimum Gasteiger partial charge on any atom is -0.477 e. The number of hydrogen-bond donors (Lipinski definition) is 1. The normalized spacial score (nSPS) is 9.71. The van der Waals surface area contributed by atoms with Crippen molar-refractivity contribution >= 4 is 5.82 Å². The summed E-state index contributed by atoms with van der Waals surface area (Å²) >= 11 is 0. The van der Waals surface area contributed by atoms with Crippen molar-refractivity contribution in [2.45, 2.75) is 20.0 Å². The molecule has 1 aromatic rings. The summed E-state index contributed by atoms with van der Waals surface area (Å²) < 4.78 is 10.4. The summed E-state index contributed by atoms with van der Waals surface area (Å²) in [5.41, 5.74) is 0. The van der Waals surface area contributed by atoms with Crippen LogP contribution in [0.5, 0.6) is 5.88 Å². The van der Waals surface area contributed by atoms with E-state index in [4.69, 9.17) is 15.9 Å². The minimum absolute atomic E-state index is 0.352. The predicted octanol–water partition coefficient (Wildman–Crippen LogP) is 1.46. The Bertz CT molecular complexity index is 364. The number of ether oxygens (including phenoxy) is 2. The summed E-state index contributed by atoms with van der Waals surface area (Å²) in [6.07, 6.45) is 5.71. The van der Waals surface area contributed by atoms with E-state index in [1.807, 2.05) is 6.92 Å². The molecule has 0 radical (unpaired) electrons. The molecule has 0 saturated heterocycles. The fourth-order valence-corrected chi connectivity index (χ4v) is 1.23. The van der Waals surface area contributed by atoms with Crippen LogP contribution in [-0.4, -0.2) is 30.2 Å². The summed E-state index contributed by atoms with van der Waals surface area (Å²) in [6.45, 7) is 3.58. The fraction of sp³-hybridized carbons (Fsp3) is 0.500. The second-order valence-electron chi connectivity index (χ2n) is 3.27. The first-order valence-electron chi connectivity index (χ1n) is 5.47. The maximum atomic E-state index is 5.43. The summed E-state index contributed by atoms with van der Waals surface area (Å²) in [5, 5.41) is 3.11. The first-order chi connectivity index (χ1) is 8.30. The third-order valence-corrected chi connectivity index (χ3v) is 1.88. The number of hydrogen-bond acceptors (Lipinski definition) is 5. The Labute approximate surface area is 102 Å².